The number of halogens is 1. The molecular weight excluding hydrogens is 262 g/mol. The van der Waals surface area contributed by atoms with E-state index >= 15 is 0 Å². The highest BCUT2D eigenvalue weighted by atomic mass is 35.5. The van der Waals surface area contributed by atoms with Gasteiger partial charge in [0.2, 0.25) is 0 Å². The molecular formula is C15H22ClNO2. The van der Waals surface area contributed by atoms with Crippen LogP contribution >= 0.6 is 11.6 Å². The number of benzene rings is 1. The summed E-state index contributed by atoms with van der Waals surface area (Å²) < 4.78 is 11.0. The highest BCUT2D eigenvalue weighted by Crippen LogP contribution is 2.34. The molecule has 0 saturated carbocycles. The Morgan fingerprint density at radius 2 is 2.00 bits per heavy atom. The van der Waals surface area contributed by atoms with E-state index in [1.165, 1.54) is 18.4 Å². The Bertz CT molecular complexity index is 417. The van der Waals surface area contributed by atoms with E-state index < -0.39 is 0 Å². The van der Waals surface area contributed by atoms with Crippen LogP contribution in [0.15, 0.2) is 12.1 Å². The monoisotopic (exact) mass is 283 g/mol. The quantitative estimate of drug-likeness (QED) is 0.899. The standard InChI is InChI=1S/C15H22ClNO2/c1-3-19-14-10-15(18-2)13(16)9-12(14)8-11-4-6-17-7-5-11/h9-11,17H,3-8H2,1-2H3. The second kappa shape index (κ2) is 7.01. The summed E-state index contributed by atoms with van der Waals surface area (Å²) in [6, 6.07) is 3.90. The van der Waals surface area contributed by atoms with Crippen LogP contribution in [0.5, 0.6) is 11.5 Å². The van der Waals surface area contributed by atoms with Gasteiger partial charge >= 0.3 is 0 Å². The molecule has 0 aliphatic carbocycles. The number of methoxy groups -OCH3 is 1. The molecule has 4 heteroatoms. The summed E-state index contributed by atoms with van der Waals surface area (Å²) in [5, 5.41) is 4.05. The number of hydrogen-bond acceptors (Lipinski definition) is 3. The van der Waals surface area contributed by atoms with Crippen LogP contribution in [0.1, 0.15) is 25.3 Å². The third-order valence-corrected chi connectivity index (χ3v) is 3.90. The van der Waals surface area contributed by atoms with Crippen LogP contribution in [0.25, 0.3) is 0 Å². The molecule has 0 bridgehead atoms. The van der Waals surface area contributed by atoms with E-state index in [0.29, 0.717) is 23.3 Å². The van der Waals surface area contributed by atoms with Crippen LogP contribution < -0.4 is 14.8 Å². The number of ether oxygens (including phenoxy) is 2. The summed E-state index contributed by atoms with van der Waals surface area (Å²) in [4.78, 5) is 0. The number of rotatable bonds is 5. The predicted octanol–water partition coefficient (Wildman–Crippen LogP) is 3.29. The summed E-state index contributed by atoms with van der Waals surface area (Å²) in [7, 11) is 1.63. The normalized spacial score (nSPS) is 16.4. The molecule has 1 aromatic carbocycles. The smallest absolute Gasteiger partial charge is 0.141 e. The Morgan fingerprint density at radius 1 is 1.26 bits per heavy atom. The fraction of sp³-hybridized carbons (Fsp3) is 0.600. The Kier molecular flexibility index (Phi) is 5.34. The van der Waals surface area contributed by atoms with Crippen LogP contribution in [0.3, 0.4) is 0 Å². The van der Waals surface area contributed by atoms with E-state index in [-0.39, 0.29) is 0 Å². The molecule has 1 aliphatic heterocycles. The van der Waals surface area contributed by atoms with Crippen LogP contribution in [0.2, 0.25) is 5.02 Å². The van der Waals surface area contributed by atoms with Crippen molar-refractivity contribution in [1.29, 1.82) is 0 Å². The minimum Gasteiger partial charge on any atom is -0.495 e. The lowest BCUT2D eigenvalue weighted by molar-refractivity contribution is 0.323. The fourth-order valence-corrected chi connectivity index (χ4v) is 2.84. The summed E-state index contributed by atoms with van der Waals surface area (Å²) in [5.41, 5.74) is 1.19. The van der Waals surface area contributed by atoms with Gasteiger partial charge in [-0.05, 0) is 56.8 Å². The van der Waals surface area contributed by atoms with Crippen molar-refractivity contribution in [2.45, 2.75) is 26.2 Å². The van der Waals surface area contributed by atoms with Gasteiger partial charge in [-0.2, -0.15) is 0 Å². The van der Waals surface area contributed by atoms with Gasteiger partial charge in [0.25, 0.3) is 0 Å². The largest absolute Gasteiger partial charge is 0.495 e. The third kappa shape index (κ3) is 3.77. The number of hydrogen-bond donors (Lipinski definition) is 1. The van der Waals surface area contributed by atoms with Gasteiger partial charge in [0.15, 0.2) is 0 Å². The molecule has 2 rings (SSSR count). The maximum Gasteiger partial charge on any atom is 0.141 e. The Balaban J connectivity index is 2.18. The maximum atomic E-state index is 6.23. The minimum absolute atomic E-state index is 0.657. The van der Waals surface area contributed by atoms with E-state index in [0.717, 1.165) is 25.3 Å². The van der Waals surface area contributed by atoms with Crippen LogP contribution in [-0.2, 0) is 6.42 Å². The number of nitrogens with one attached hydrogen (secondary N) is 1. The van der Waals surface area contributed by atoms with Crippen molar-refractivity contribution in [2.24, 2.45) is 5.92 Å². The van der Waals surface area contributed by atoms with Crippen molar-refractivity contribution < 1.29 is 9.47 Å². The molecule has 0 atom stereocenters. The molecule has 1 heterocycles. The molecule has 1 aliphatic rings. The van der Waals surface area contributed by atoms with Crippen LogP contribution in [-0.4, -0.2) is 26.8 Å². The molecule has 3 nitrogen and oxygen atoms in total. The summed E-state index contributed by atoms with van der Waals surface area (Å²) in [6.45, 7) is 4.87. The van der Waals surface area contributed by atoms with Crippen LogP contribution in [0.4, 0.5) is 0 Å². The van der Waals surface area contributed by atoms with Crippen LogP contribution in [0, 0.1) is 5.92 Å². The van der Waals surface area contributed by atoms with E-state index in [4.69, 9.17) is 21.1 Å². The molecule has 106 valence electrons. The summed E-state index contributed by atoms with van der Waals surface area (Å²) in [5.74, 6) is 2.30. The summed E-state index contributed by atoms with van der Waals surface area (Å²) in [6.07, 6.45) is 3.46. The van der Waals surface area contributed by atoms with E-state index in [1.54, 1.807) is 7.11 Å². The Morgan fingerprint density at radius 3 is 2.63 bits per heavy atom. The molecule has 0 unspecified atom stereocenters. The fourth-order valence-electron chi connectivity index (χ4n) is 2.58. The van der Waals surface area contributed by atoms with Gasteiger partial charge in [-0.1, -0.05) is 11.6 Å². The number of piperidine rings is 1. The molecule has 0 radical (unpaired) electrons. The van der Waals surface area contributed by atoms with Gasteiger partial charge in [-0.3, -0.25) is 0 Å². The van der Waals surface area contributed by atoms with Gasteiger partial charge in [0, 0.05) is 6.07 Å². The zero-order chi connectivity index (χ0) is 13.7. The first-order chi connectivity index (χ1) is 9.24. The van der Waals surface area contributed by atoms with Crippen molar-refractivity contribution in [3.63, 3.8) is 0 Å². The maximum absolute atomic E-state index is 6.23. The van der Waals surface area contributed by atoms with E-state index in [1.807, 2.05) is 19.1 Å². The molecule has 0 aromatic heterocycles. The van der Waals surface area contributed by atoms with Crippen molar-refractivity contribution in [2.75, 3.05) is 26.8 Å². The summed E-state index contributed by atoms with van der Waals surface area (Å²) >= 11 is 6.23. The molecule has 19 heavy (non-hydrogen) atoms. The van der Waals surface area contributed by atoms with E-state index in [2.05, 4.69) is 5.32 Å². The average molecular weight is 284 g/mol. The Hall–Kier alpha value is -0.930. The van der Waals surface area contributed by atoms with Gasteiger partial charge in [0.05, 0.1) is 18.7 Å². The topological polar surface area (TPSA) is 30.5 Å². The van der Waals surface area contributed by atoms with Gasteiger partial charge in [-0.25, -0.2) is 0 Å². The molecule has 0 spiro atoms. The lowest BCUT2D eigenvalue weighted by Crippen LogP contribution is -2.28. The second-order valence-electron chi connectivity index (χ2n) is 4.92. The van der Waals surface area contributed by atoms with Crippen molar-refractivity contribution in [3.8, 4) is 11.5 Å². The molecule has 1 fully saturated rings. The van der Waals surface area contributed by atoms with Gasteiger partial charge in [0.1, 0.15) is 11.5 Å². The lowest BCUT2D eigenvalue weighted by atomic mass is 9.90. The highest BCUT2D eigenvalue weighted by molar-refractivity contribution is 6.32. The first-order valence-electron chi connectivity index (χ1n) is 6.94. The zero-order valence-electron chi connectivity index (χ0n) is 11.7. The third-order valence-electron chi connectivity index (χ3n) is 3.60. The molecule has 1 saturated heterocycles. The van der Waals surface area contributed by atoms with E-state index in [9.17, 15) is 0 Å². The lowest BCUT2D eigenvalue weighted by Gasteiger charge is -2.24. The van der Waals surface area contributed by atoms with Gasteiger partial charge in [-0.15, -0.1) is 0 Å². The first kappa shape index (κ1) is 14.5. The van der Waals surface area contributed by atoms with Gasteiger partial charge < -0.3 is 14.8 Å². The molecule has 1 aromatic rings. The molecule has 0 amide bonds. The van der Waals surface area contributed by atoms with Crippen molar-refractivity contribution in [1.82, 2.24) is 5.32 Å². The Labute approximate surface area is 120 Å². The average Bonchev–Trinajstić information content (AvgIpc) is 2.43. The van der Waals surface area contributed by atoms with Crippen molar-refractivity contribution in [3.05, 3.63) is 22.7 Å². The highest BCUT2D eigenvalue weighted by Gasteiger charge is 2.17. The second-order valence-corrected chi connectivity index (χ2v) is 5.33. The zero-order valence-corrected chi connectivity index (χ0v) is 12.4. The first-order valence-corrected chi connectivity index (χ1v) is 7.32. The molecule has 1 N–H and O–H groups in total. The predicted molar refractivity (Wildman–Crippen MR) is 78.5 cm³/mol. The SMILES string of the molecule is CCOc1cc(OC)c(Cl)cc1CC1CCNCC1. The van der Waals surface area contributed by atoms with Crippen molar-refractivity contribution >= 4 is 11.6 Å². The minimum atomic E-state index is 0.657.